The number of ether oxygens (including phenoxy) is 2. The number of aliphatic hydroxyl groups is 1. The summed E-state index contributed by atoms with van der Waals surface area (Å²) in [5, 5.41) is 17.4. The summed E-state index contributed by atoms with van der Waals surface area (Å²) >= 11 is 0. The molecule has 1 amide bonds. The number of alkyl halides is 2. The van der Waals surface area contributed by atoms with Gasteiger partial charge in [-0.2, -0.15) is 5.10 Å². The van der Waals surface area contributed by atoms with Crippen molar-refractivity contribution in [3.05, 3.63) is 65.9 Å². The molecular weight excluding hydrogens is 470 g/mol. The smallest absolute Gasteiger partial charge is 0.395 e. The lowest BCUT2D eigenvalue weighted by Crippen LogP contribution is -2.35. The van der Waals surface area contributed by atoms with E-state index in [1.165, 1.54) is 12.1 Å². The summed E-state index contributed by atoms with van der Waals surface area (Å²) in [6.07, 6.45) is -1.99. The van der Waals surface area contributed by atoms with Gasteiger partial charge in [-0.1, -0.05) is 24.3 Å². The zero-order valence-electron chi connectivity index (χ0n) is 19.9. The molecule has 0 fully saturated rings. The second kappa shape index (κ2) is 8.56. The first kappa shape index (κ1) is 23.7. The van der Waals surface area contributed by atoms with E-state index in [-0.39, 0.29) is 24.0 Å². The third-order valence-corrected chi connectivity index (χ3v) is 6.26. The highest BCUT2D eigenvalue weighted by Crippen LogP contribution is 2.43. The molecule has 2 N–H and O–H groups in total. The van der Waals surface area contributed by atoms with Gasteiger partial charge in [-0.15, -0.1) is 8.78 Å². The molecule has 2 aromatic carbocycles. The van der Waals surface area contributed by atoms with E-state index >= 15 is 0 Å². The van der Waals surface area contributed by atoms with Crippen molar-refractivity contribution >= 4 is 22.6 Å². The Bertz CT molecular complexity index is 1480. The highest BCUT2D eigenvalue weighted by molar-refractivity contribution is 5.98. The Kier molecular flexibility index (Phi) is 5.63. The minimum absolute atomic E-state index is 0.0264. The highest BCUT2D eigenvalue weighted by atomic mass is 19.3. The molecule has 0 unspecified atom stereocenters. The number of halogens is 2. The number of aliphatic hydroxyl groups excluding tert-OH is 1. The number of hydrogen-bond donors (Lipinski definition) is 2. The molecule has 186 valence electrons. The van der Waals surface area contributed by atoms with Crippen LogP contribution in [-0.2, 0) is 16.8 Å². The Labute approximate surface area is 205 Å². The van der Waals surface area contributed by atoms with Crippen molar-refractivity contribution in [3.8, 4) is 22.8 Å². The zero-order chi connectivity index (χ0) is 25.7. The lowest BCUT2D eigenvalue weighted by molar-refractivity contribution is -0.286. The lowest BCUT2D eigenvalue weighted by atomic mass is 9.83. The van der Waals surface area contributed by atoms with E-state index in [0.717, 1.165) is 22.0 Å². The number of nitrogens with one attached hydrogen (secondary N) is 1. The number of carbonyl (C=O) groups excluding carboxylic acids is 1. The average molecular weight is 494 g/mol. The molecule has 0 aliphatic carbocycles. The van der Waals surface area contributed by atoms with Gasteiger partial charge < -0.3 is 19.9 Å². The van der Waals surface area contributed by atoms with Crippen molar-refractivity contribution in [1.29, 1.82) is 0 Å². The molecule has 0 saturated carbocycles. The van der Waals surface area contributed by atoms with Crippen LogP contribution in [-0.4, -0.2) is 38.7 Å². The second-order valence-corrected chi connectivity index (χ2v) is 9.14. The summed E-state index contributed by atoms with van der Waals surface area (Å²) in [7, 11) is 0. The summed E-state index contributed by atoms with van der Waals surface area (Å²) < 4.78 is 37.5. The number of benzene rings is 2. The molecule has 3 heterocycles. The second-order valence-electron chi connectivity index (χ2n) is 9.14. The highest BCUT2D eigenvalue weighted by Gasteiger charge is 2.44. The van der Waals surface area contributed by atoms with Crippen LogP contribution in [0.15, 0.2) is 54.7 Å². The monoisotopic (exact) mass is 494 g/mol. The van der Waals surface area contributed by atoms with Gasteiger partial charge in [-0.05, 0) is 56.2 Å². The number of amides is 1. The normalized spacial score (nSPS) is 14.3. The van der Waals surface area contributed by atoms with Crippen molar-refractivity contribution < 1.29 is 28.2 Å². The van der Waals surface area contributed by atoms with Crippen LogP contribution < -0.4 is 14.8 Å². The Morgan fingerprint density at radius 1 is 1.11 bits per heavy atom. The van der Waals surface area contributed by atoms with Gasteiger partial charge in [0, 0.05) is 10.9 Å². The third-order valence-electron chi connectivity index (χ3n) is 6.26. The Hall–Kier alpha value is -4.05. The molecule has 2 aromatic heterocycles. The first-order valence-corrected chi connectivity index (χ1v) is 11.3. The van der Waals surface area contributed by atoms with Crippen molar-refractivity contribution in [2.24, 2.45) is 0 Å². The van der Waals surface area contributed by atoms with Gasteiger partial charge in [0.1, 0.15) is 5.82 Å². The van der Waals surface area contributed by atoms with Crippen molar-refractivity contribution in [2.75, 3.05) is 11.9 Å². The first-order valence-electron chi connectivity index (χ1n) is 11.3. The van der Waals surface area contributed by atoms with Crippen LogP contribution in [0.4, 0.5) is 14.6 Å². The molecule has 0 saturated heterocycles. The Morgan fingerprint density at radius 3 is 2.67 bits per heavy atom. The average Bonchev–Trinajstić information content (AvgIpc) is 3.38. The fraction of sp³-hybridized carbons (Fsp3) is 0.269. The van der Waals surface area contributed by atoms with Crippen molar-refractivity contribution in [1.82, 2.24) is 14.8 Å². The summed E-state index contributed by atoms with van der Waals surface area (Å²) in [6.45, 7) is 5.64. The van der Waals surface area contributed by atoms with Gasteiger partial charge in [0.25, 0.3) is 0 Å². The van der Waals surface area contributed by atoms with E-state index in [9.17, 15) is 18.7 Å². The lowest BCUT2D eigenvalue weighted by Gasteiger charge is -2.24. The van der Waals surface area contributed by atoms with Gasteiger partial charge in [-0.3, -0.25) is 9.48 Å². The molecule has 0 spiro atoms. The van der Waals surface area contributed by atoms with E-state index < -0.39 is 11.7 Å². The third kappa shape index (κ3) is 4.24. The minimum Gasteiger partial charge on any atom is -0.395 e. The number of fused-ring (bicyclic) bond motifs is 2. The Morgan fingerprint density at radius 2 is 1.89 bits per heavy atom. The Balaban J connectivity index is 1.41. The fourth-order valence-corrected chi connectivity index (χ4v) is 4.12. The molecule has 36 heavy (non-hydrogen) atoms. The van der Waals surface area contributed by atoms with Crippen LogP contribution in [0.1, 0.15) is 25.0 Å². The van der Waals surface area contributed by atoms with E-state index in [0.29, 0.717) is 23.6 Å². The van der Waals surface area contributed by atoms with Gasteiger partial charge in [0.15, 0.2) is 11.5 Å². The summed E-state index contributed by atoms with van der Waals surface area (Å²) in [4.78, 5) is 17.9. The topological polar surface area (TPSA) is 98.5 Å². The molecule has 1 aliphatic heterocycles. The number of carbonyl (C=O) groups is 1. The van der Waals surface area contributed by atoms with Crippen LogP contribution >= 0.6 is 0 Å². The maximum Gasteiger partial charge on any atom is 0.586 e. The number of nitrogens with zero attached hydrogens (tertiary/aromatic N) is 3. The van der Waals surface area contributed by atoms with E-state index in [1.54, 1.807) is 36.9 Å². The predicted octanol–water partition coefficient (Wildman–Crippen LogP) is 4.64. The number of pyridine rings is 1. The zero-order valence-corrected chi connectivity index (χ0v) is 19.9. The molecule has 1 aliphatic rings. The number of anilines is 1. The number of rotatable bonds is 6. The van der Waals surface area contributed by atoms with E-state index in [4.69, 9.17) is 0 Å². The van der Waals surface area contributed by atoms with Crippen molar-refractivity contribution in [2.45, 2.75) is 39.0 Å². The maximum absolute atomic E-state index is 13.4. The number of aryl methyl sites for hydroxylation is 1. The summed E-state index contributed by atoms with van der Waals surface area (Å²) in [6, 6.07) is 13.7. The number of hydrogen-bond acceptors (Lipinski definition) is 6. The molecule has 4 aromatic rings. The molecular formula is C26H24F2N4O4. The standard InChI is InChI=1S/C26H24F2N4O4/c1-15-4-9-22(30-23(15)16-5-6-17-14-29-32(10-11-33)19(17)12-16)31-24(34)25(2,3)18-7-8-20-21(13-18)36-26(27,28)35-20/h4-9,12-14,33H,10-11H2,1-3H3,(H,30,31,34). The first-order chi connectivity index (χ1) is 17.1. The van der Waals surface area contributed by atoms with Crippen LogP contribution in [0.3, 0.4) is 0 Å². The molecule has 0 atom stereocenters. The quantitative estimate of drug-likeness (QED) is 0.405. The van der Waals surface area contributed by atoms with Gasteiger partial charge in [-0.25, -0.2) is 4.98 Å². The van der Waals surface area contributed by atoms with Crippen LogP contribution in [0, 0.1) is 6.92 Å². The van der Waals surface area contributed by atoms with E-state index in [2.05, 4.69) is 24.9 Å². The SMILES string of the molecule is Cc1ccc(NC(=O)C(C)(C)c2ccc3c(c2)OC(F)(F)O3)nc1-c1ccc2cnn(CCO)c2c1. The van der Waals surface area contributed by atoms with E-state index in [1.807, 2.05) is 31.2 Å². The predicted molar refractivity (Wildman–Crippen MR) is 129 cm³/mol. The maximum atomic E-state index is 13.4. The van der Waals surface area contributed by atoms with Crippen molar-refractivity contribution in [3.63, 3.8) is 0 Å². The van der Waals surface area contributed by atoms with Crippen LogP contribution in [0.2, 0.25) is 0 Å². The summed E-state index contributed by atoms with van der Waals surface area (Å²) in [5.41, 5.74) is 2.71. The summed E-state index contributed by atoms with van der Waals surface area (Å²) in [5.74, 6) is -0.219. The number of aromatic nitrogens is 3. The van der Waals surface area contributed by atoms with Gasteiger partial charge in [0.05, 0.1) is 36.0 Å². The van der Waals surface area contributed by atoms with Gasteiger partial charge in [0.2, 0.25) is 5.91 Å². The van der Waals surface area contributed by atoms with Crippen LogP contribution in [0.5, 0.6) is 11.5 Å². The molecule has 10 heteroatoms. The molecule has 0 bridgehead atoms. The van der Waals surface area contributed by atoms with Crippen LogP contribution in [0.25, 0.3) is 22.2 Å². The molecule has 5 rings (SSSR count). The van der Waals surface area contributed by atoms with Gasteiger partial charge >= 0.3 is 6.29 Å². The largest absolute Gasteiger partial charge is 0.586 e. The minimum atomic E-state index is -3.73. The fourth-order valence-electron chi connectivity index (χ4n) is 4.12. The molecule has 0 radical (unpaired) electrons. The molecule has 8 nitrogen and oxygen atoms in total.